The molecule has 0 aliphatic heterocycles. The standard InChI is InChI=1S/C10H15NOS/c1-8(13)11-7-9-3-5-10(12-2)6-4-9/h3-6,8,11,13H,7H2,1-2H3. The van der Waals surface area contributed by atoms with Gasteiger partial charge in [-0.25, -0.2) is 0 Å². The van der Waals surface area contributed by atoms with Gasteiger partial charge in [-0.1, -0.05) is 12.1 Å². The van der Waals surface area contributed by atoms with Crippen molar-refractivity contribution in [3.05, 3.63) is 29.8 Å². The summed E-state index contributed by atoms with van der Waals surface area (Å²) < 4.78 is 5.06. The summed E-state index contributed by atoms with van der Waals surface area (Å²) >= 11 is 4.23. The Bertz CT molecular complexity index is 246. The molecule has 3 heteroatoms. The molecule has 0 fully saturated rings. The summed E-state index contributed by atoms with van der Waals surface area (Å²) in [6, 6.07) is 8.00. The molecule has 2 nitrogen and oxygen atoms in total. The third-order valence-electron chi connectivity index (χ3n) is 1.76. The van der Waals surface area contributed by atoms with Gasteiger partial charge in [-0.2, -0.15) is 12.6 Å². The Morgan fingerprint density at radius 2 is 2.00 bits per heavy atom. The quantitative estimate of drug-likeness (QED) is 0.569. The minimum absolute atomic E-state index is 0.224. The predicted molar refractivity (Wildman–Crippen MR) is 58.3 cm³/mol. The number of rotatable bonds is 4. The molecule has 0 aliphatic carbocycles. The first-order chi connectivity index (χ1) is 6.22. The SMILES string of the molecule is COc1ccc(CNC(C)S)cc1. The van der Waals surface area contributed by atoms with Gasteiger partial charge in [0.1, 0.15) is 5.75 Å². The zero-order chi connectivity index (χ0) is 9.68. The molecule has 72 valence electrons. The molecular weight excluding hydrogens is 182 g/mol. The van der Waals surface area contributed by atoms with Crippen LogP contribution in [0.3, 0.4) is 0 Å². The molecule has 0 aliphatic rings. The van der Waals surface area contributed by atoms with Crippen molar-refractivity contribution in [2.75, 3.05) is 7.11 Å². The van der Waals surface area contributed by atoms with Crippen LogP contribution in [0, 0.1) is 0 Å². The van der Waals surface area contributed by atoms with E-state index in [1.807, 2.05) is 31.2 Å². The van der Waals surface area contributed by atoms with Gasteiger partial charge in [0.25, 0.3) is 0 Å². The van der Waals surface area contributed by atoms with Crippen molar-refractivity contribution in [2.24, 2.45) is 0 Å². The summed E-state index contributed by atoms with van der Waals surface area (Å²) in [4.78, 5) is 0. The van der Waals surface area contributed by atoms with E-state index in [0.717, 1.165) is 12.3 Å². The highest BCUT2D eigenvalue weighted by Crippen LogP contribution is 2.11. The van der Waals surface area contributed by atoms with Crippen LogP contribution in [-0.4, -0.2) is 12.5 Å². The maximum Gasteiger partial charge on any atom is 0.118 e. The second kappa shape index (κ2) is 5.14. The summed E-state index contributed by atoms with van der Waals surface area (Å²) in [5.41, 5.74) is 1.24. The first-order valence-electron chi connectivity index (χ1n) is 4.27. The molecular formula is C10H15NOS. The number of nitrogens with one attached hydrogen (secondary N) is 1. The minimum Gasteiger partial charge on any atom is -0.497 e. The molecule has 1 N–H and O–H groups in total. The fourth-order valence-electron chi connectivity index (χ4n) is 1.01. The summed E-state index contributed by atoms with van der Waals surface area (Å²) in [6.07, 6.45) is 0. The molecule has 1 aromatic rings. The van der Waals surface area contributed by atoms with Gasteiger partial charge >= 0.3 is 0 Å². The predicted octanol–water partition coefficient (Wildman–Crippen LogP) is 2.06. The first-order valence-corrected chi connectivity index (χ1v) is 4.78. The molecule has 0 amide bonds. The van der Waals surface area contributed by atoms with Crippen LogP contribution in [0.4, 0.5) is 0 Å². The van der Waals surface area contributed by atoms with Crippen molar-refractivity contribution in [2.45, 2.75) is 18.8 Å². The molecule has 0 heterocycles. The monoisotopic (exact) mass is 197 g/mol. The van der Waals surface area contributed by atoms with Crippen LogP contribution in [-0.2, 0) is 6.54 Å². The van der Waals surface area contributed by atoms with Crippen molar-refractivity contribution >= 4 is 12.6 Å². The highest BCUT2D eigenvalue weighted by molar-refractivity contribution is 7.80. The van der Waals surface area contributed by atoms with Gasteiger partial charge in [0.2, 0.25) is 0 Å². The minimum atomic E-state index is 0.224. The lowest BCUT2D eigenvalue weighted by Crippen LogP contribution is -2.19. The number of methoxy groups -OCH3 is 1. The zero-order valence-corrected chi connectivity index (χ0v) is 8.84. The smallest absolute Gasteiger partial charge is 0.118 e. The van der Waals surface area contributed by atoms with E-state index >= 15 is 0 Å². The van der Waals surface area contributed by atoms with Crippen molar-refractivity contribution in [3.8, 4) is 5.75 Å². The van der Waals surface area contributed by atoms with Crippen LogP contribution in [0.5, 0.6) is 5.75 Å². The van der Waals surface area contributed by atoms with Crippen LogP contribution in [0.25, 0.3) is 0 Å². The number of benzene rings is 1. The van der Waals surface area contributed by atoms with E-state index in [4.69, 9.17) is 4.74 Å². The van der Waals surface area contributed by atoms with Crippen LogP contribution < -0.4 is 10.1 Å². The van der Waals surface area contributed by atoms with Crippen molar-refractivity contribution in [1.82, 2.24) is 5.32 Å². The van der Waals surface area contributed by atoms with Gasteiger partial charge in [0, 0.05) is 11.9 Å². The molecule has 0 saturated heterocycles. The maximum atomic E-state index is 5.06. The Morgan fingerprint density at radius 1 is 1.38 bits per heavy atom. The van der Waals surface area contributed by atoms with Crippen molar-refractivity contribution < 1.29 is 4.74 Å². The molecule has 1 rings (SSSR count). The van der Waals surface area contributed by atoms with Gasteiger partial charge in [0.05, 0.1) is 7.11 Å². The lowest BCUT2D eigenvalue weighted by molar-refractivity contribution is 0.414. The summed E-state index contributed by atoms with van der Waals surface area (Å²) in [5.74, 6) is 0.891. The average molecular weight is 197 g/mol. The van der Waals surface area contributed by atoms with Crippen LogP contribution in [0.15, 0.2) is 24.3 Å². The average Bonchev–Trinajstić information content (AvgIpc) is 2.15. The molecule has 0 radical (unpaired) electrons. The largest absolute Gasteiger partial charge is 0.497 e. The van der Waals surface area contributed by atoms with E-state index in [-0.39, 0.29) is 5.37 Å². The highest BCUT2D eigenvalue weighted by atomic mass is 32.1. The van der Waals surface area contributed by atoms with Crippen molar-refractivity contribution in [1.29, 1.82) is 0 Å². The van der Waals surface area contributed by atoms with E-state index in [1.54, 1.807) is 7.11 Å². The van der Waals surface area contributed by atoms with E-state index in [1.165, 1.54) is 5.56 Å². The van der Waals surface area contributed by atoms with Crippen LogP contribution in [0.2, 0.25) is 0 Å². The highest BCUT2D eigenvalue weighted by Gasteiger charge is 1.95. The normalized spacial score (nSPS) is 12.5. The molecule has 0 spiro atoms. The van der Waals surface area contributed by atoms with E-state index in [2.05, 4.69) is 17.9 Å². The van der Waals surface area contributed by atoms with Gasteiger partial charge in [-0.3, -0.25) is 0 Å². The van der Waals surface area contributed by atoms with Crippen LogP contribution in [0.1, 0.15) is 12.5 Å². The van der Waals surface area contributed by atoms with Gasteiger partial charge in [-0.05, 0) is 24.6 Å². The fraction of sp³-hybridized carbons (Fsp3) is 0.400. The second-order valence-electron chi connectivity index (χ2n) is 2.90. The molecule has 0 aromatic heterocycles. The van der Waals surface area contributed by atoms with Crippen molar-refractivity contribution in [3.63, 3.8) is 0 Å². The van der Waals surface area contributed by atoms with Gasteiger partial charge in [0.15, 0.2) is 0 Å². The first kappa shape index (κ1) is 10.4. The Kier molecular flexibility index (Phi) is 4.12. The second-order valence-corrected chi connectivity index (χ2v) is 3.68. The fourth-order valence-corrected chi connectivity index (χ4v) is 1.10. The zero-order valence-electron chi connectivity index (χ0n) is 7.95. The lowest BCUT2D eigenvalue weighted by atomic mass is 10.2. The molecule has 1 aromatic carbocycles. The maximum absolute atomic E-state index is 5.06. The number of hydrogen-bond acceptors (Lipinski definition) is 3. The van der Waals surface area contributed by atoms with Gasteiger partial charge in [-0.15, -0.1) is 0 Å². The Morgan fingerprint density at radius 3 is 2.46 bits per heavy atom. The topological polar surface area (TPSA) is 21.3 Å². The molecule has 1 atom stereocenters. The lowest BCUT2D eigenvalue weighted by Gasteiger charge is -2.07. The third kappa shape index (κ3) is 3.70. The molecule has 13 heavy (non-hydrogen) atoms. The molecule has 0 saturated carbocycles. The number of thiol groups is 1. The van der Waals surface area contributed by atoms with Crippen LogP contribution >= 0.6 is 12.6 Å². The van der Waals surface area contributed by atoms with Gasteiger partial charge < -0.3 is 10.1 Å². The summed E-state index contributed by atoms with van der Waals surface area (Å²) in [6.45, 7) is 2.85. The number of hydrogen-bond donors (Lipinski definition) is 2. The van der Waals surface area contributed by atoms with E-state index < -0.39 is 0 Å². The van der Waals surface area contributed by atoms with E-state index in [0.29, 0.717) is 0 Å². The summed E-state index contributed by atoms with van der Waals surface area (Å²) in [7, 11) is 1.67. The summed E-state index contributed by atoms with van der Waals surface area (Å²) in [5, 5.41) is 3.45. The Hall–Kier alpha value is -0.670. The molecule has 1 unspecified atom stereocenters. The van der Waals surface area contributed by atoms with E-state index in [9.17, 15) is 0 Å². The Balaban J connectivity index is 2.49. The number of ether oxygens (including phenoxy) is 1. The third-order valence-corrected chi connectivity index (χ3v) is 1.94. The molecule has 0 bridgehead atoms. The Labute approximate surface area is 84.7 Å².